The third kappa shape index (κ3) is 4.00. The molecule has 2 N–H and O–H groups in total. The zero-order valence-electron chi connectivity index (χ0n) is 13.5. The minimum Gasteiger partial charge on any atom is -0.396 e. The Kier molecular flexibility index (Phi) is 5.58. The number of rotatable bonds is 5. The van der Waals surface area contributed by atoms with E-state index in [1.165, 1.54) is 70.6 Å². The molecule has 21 heavy (non-hydrogen) atoms. The van der Waals surface area contributed by atoms with Crippen LogP contribution in [0.4, 0.5) is 0 Å². The Balaban J connectivity index is 1.38. The van der Waals surface area contributed by atoms with Crippen molar-refractivity contribution in [2.45, 2.75) is 82.3 Å². The highest BCUT2D eigenvalue weighted by molar-refractivity contribution is 4.92. The van der Waals surface area contributed by atoms with Crippen molar-refractivity contribution >= 4 is 0 Å². The third-order valence-electron chi connectivity index (χ3n) is 6.18. The maximum absolute atomic E-state index is 9.49. The quantitative estimate of drug-likeness (QED) is 0.818. The summed E-state index contributed by atoms with van der Waals surface area (Å²) < 4.78 is 6.42. The molecule has 0 aromatic heterocycles. The Bertz CT molecular complexity index is 314. The van der Waals surface area contributed by atoms with Crippen molar-refractivity contribution < 1.29 is 9.84 Å². The second-order valence-corrected chi connectivity index (χ2v) is 7.67. The molecule has 3 nitrogen and oxygen atoms in total. The molecule has 3 fully saturated rings. The van der Waals surface area contributed by atoms with E-state index in [9.17, 15) is 5.11 Å². The van der Waals surface area contributed by atoms with E-state index >= 15 is 0 Å². The molecule has 1 saturated heterocycles. The summed E-state index contributed by atoms with van der Waals surface area (Å²) in [6.07, 6.45) is 14.8. The van der Waals surface area contributed by atoms with Crippen LogP contribution < -0.4 is 5.32 Å². The number of ether oxygens (including phenoxy) is 1. The lowest BCUT2D eigenvalue weighted by molar-refractivity contribution is -0.0627. The van der Waals surface area contributed by atoms with E-state index in [4.69, 9.17) is 4.74 Å². The van der Waals surface area contributed by atoms with Crippen molar-refractivity contribution in [3.63, 3.8) is 0 Å². The average Bonchev–Trinajstić information content (AvgIpc) is 2.91. The molecular weight excluding hydrogens is 262 g/mol. The molecule has 0 radical (unpaired) electrons. The van der Waals surface area contributed by atoms with Crippen LogP contribution >= 0.6 is 0 Å². The van der Waals surface area contributed by atoms with Gasteiger partial charge in [-0.2, -0.15) is 0 Å². The van der Waals surface area contributed by atoms with Gasteiger partial charge in [0.05, 0.1) is 11.7 Å². The monoisotopic (exact) mass is 295 g/mol. The fourth-order valence-corrected chi connectivity index (χ4v) is 4.83. The molecule has 0 amide bonds. The first-order chi connectivity index (χ1) is 10.3. The molecule has 0 bridgehead atoms. The highest BCUT2D eigenvalue weighted by atomic mass is 16.5. The van der Waals surface area contributed by atoms with Crippen molar-refractivity contribution in [3.05, 3.63) is 0 Å². The van der Waals surface area contributed by atoms with Crippen molar-refractivity contribution in [2.75, 3.05) is 19.7 Å². The number of aliphatic hydroxyl groups excluding tert-OH is 1. The van der Waals surface area contributed by atoms with Gasteiger partial charge in [0, 0.05) is 13.2 Å². The first-order valence-corrected chi connectivity index (χ1v) is 9.31. The van der Waals surface area contributed by atoms with Gasteiger partial charge in [-0.05, 0) is 56.9 Å². The van der Waals surface area contributed by atoms with Gasteiger partial charge in [-0.1, -0.05) is 32.1 Å². The van der Waals surface area contributed by atoms with Crippen LogP contribution in [0.3, 0.4) is 0 Å². The van der Waals surface area contributed by atoms with Gasteiger partial charge in [0.1, 0.15) is 0 Å². The van der Waals surface area contributed by atoms with Gasteiger partial charge >= 0.3 is 0 Å². The summed E-state index contributed by atoms with van der Waals surface area (Å²) in [5, 5.41) is 13.1. The first kappa shape index (κ1) is 15.8. The fourth-order valence-electron chi connectivity index (χ4n) is 4.83. The van der Waals surface area contributed by atoms with Crippen molar-refractivity contribution in [3.8, 4) is 0 Å². The van der Waals surface area contributed by atoms with E-state index in [0.717, 1.165) is 13.1 Å². The first-order valence-electron chi connectivity index (χ1n) is 9.31. The molecule has 1 heterocycles. The van der Waals surface area contributed by atoms with Gasteiger partial charge in [0.25, 0.3) is 0 Å². The zero-order valence-corrected chi connectivity index (χ0v) is 13.5. The van der Waals surface area contributed by atoms with Gasteiger partial charge in [-0.3, -0.25) is 0 Å². The second-order valence-electron chi connectivity index (χ2n) is 7.67. The lowest BCUT2D eigenvalue weighted by Crippen LogP contribution is -2.38. The third-order valence-corrected chi connectivity index (χ3v) is 6.18. The van der Waals surface area contributed by atoms with Crippen LogP contribution in [0.1, 0.15) is 70.6 Å². The second kappa shape index (κ2) is 7.43. The predicted molar refractivity (Wildman–Crippen MR) is 85.3 cm³/mol. The molecule has 122 valence electrons. The maximum Gasteiger partial charge on any atom is 0.0708 e. The van der Waals surface area contributed by atoms with Crippen LogP contribution in [-0.2, 0) is 4.74 Å². The smallest absolute Gasteiger partial charge is 0.0708 e. The van der Waals surface area contributed by atoms with Gasteiger partial charge in [-0.15, -0.1) is 0 Å². The van der Waals surface area contributed by atoms with Crippen LogP contribution in [0.25, 0.3) is 0 Å². The van der Waals surface area contributed by atoms with Crippen LogP contribution in [0.15, 0.2) is 0 Å². The highest BCUT2D eigenvalue weighted by Gasteiger charge is 2.40. The summed E-state index contributed by atoms with van der Waals surface area (Å²) in [6.45, 7) is 2.45. The maximum atomic E-state index is 9.49. The standard InChI is InChI=1S/C18H33NO2/c20-14-16-7-3-2-6-15(16)12-19-13-17-8-11-18(21-17)9-4-1-5-10-18/h15-17,19-20H,1-14H2. The Labute approximate surface area is 129 Å². The van der Waals surface area contributed by atoms with Gasteiger partial charge in [0.2, 0.25) is 0 Å². The van der Waals surface area contributed by atoms with E-state index in [0.29, 0.717) is 24.5 Å². The SMILES string of the molecule is OCC1CCCCC1CNCC1CCC2(CCCCC2)O1. The molecule has 1 spiro atoms. The number of aliphatic hydroxyl groups is 1. The van der Waals surface area contributed by atoms with Gasteiger partial charge in [-0.25, -0.2) is 0 Å². The van der Waals surface area contributed by atoms with E-state index in [1.807, 2.05) is 0 Å². The summed E-state index contributed by atoms with van der Waals surface area (Å²) >= 11 is 0. The van der Waals surface area contributed by atoms with Crippen molar-refractivity contribution in [2.24, 2.45) is 11.8 Å². The molecule has 2 aliphatic carbocycles. The molecule has 0 aromatic carbocycles. The van der Waals surface area contributed by atoms with Crippen molar-refractivity contribution in [1.29, 1.82) is 0 Å². The van der Waals surface area contributed by atoms with E-state index < -0.39 is 0 Å². The molecule has 3 heteroatoms. The fraction of sp³-hybridized carbons (Fsp3) is 1.00. The Hall–Kier alpha value is -0.120. The molecule has 2 saturated carbocycles. The normalized spacial score (nSPS) is 36.1. The Morgan fingerprint density at radius 3 is 2.38 bits per heavy atom. The van der Waals surface area contributed by atoms with Crippen LogP contribution in [-0.4, -0.2) is 36.5 Å². The zero-order chi connectivity index (χ0) is 14.5. The number of hydrogen-bond acceptors (Lipinski definition) is 3. The van der Waals surface area contributed by atoms with Crippen LogP contribution in [0.5, 0.6) is 0 Å². The van der Waals surface area contributed by atoms with Gasteiger partial charge in [0.15, 0.2) is 0 Å². The average molecular weight is 295 g/mol. The summed E-state index contributed by atoms with van der Waals surface area (Å²) in [5.74, 6) is 1.20. The molecule has 3 atom stereocenters. The Morgan fingerprint density at radius 1 is 0.857 bits per heavy atom. The molecular formula is C18H33NO2. The molecule has 3 rings (SSSR count). The lowest BCUT2D eigenvalue weighted by atomic mass is 9.79. The van der Waals surface area contributed by atoms with Gasteiger partial charge < -0.3 is 15.2 Å². The van der Waals surface area contributed by atoms with Crippen molar-refractivity contribution in [1.82, 2.24) is 5.32 Å². The van der Waals surface area contributed by atoms with E-state index in [1.54, 1.807) is 0 Å². The molecule has 3 aliphatic rings. The lowest BCUT2D eigenvalue weighted by Gasteiger charge is -2.34. The van der Waals surface area contributed by atoms with E-state index in [2.05, 4.69) is 5.32 Å². The summed E-state index contributed by atoms with van der Waals surface area (Å²) in [7, 11) is 0. The summed E-state index contributed by atoms with van der Waals surface area (Å²) in [5.41, 5.74) is 0.253. The topological polar surface area (TPSA) is 41.5 Å². The van der Waals surface area contributed by atoms with Crippen LogP contribution in [0.2, 0.25) is 0 Å². The number of hydrogen-bond donors (Lipinski definition) is 2. The minimum atomic E-state index is 0.253. The van der Waals surface area contributed by atoms with E-state index in [-0.39, 0.29) is 5.60 Å². The highest BCUT2D eigenvalue weighted by Crippen LogP contribution is 2.41. The molecule has 3 unspecified atom stereocenters. The number of nitrogens with one attached hydrogen (secondary N) is 1. The molecule has 1 aliphatic heterocycles. The van der Waals surface area contributed by atoms with Crippen LogP contribution in [0, 0.1) is 11.8 Å². The predicted octanol–water partition coefficient (Wildman–Crippen LogP) is 3.26. The summed E-state index contributed by atoms with van der Waals surface area (Å²) in [4.78, 5) is 0. The Morgan fingerprint density at radius 2 is 1.62 bits per heavy atom. The molecule has 0 aromatic rings. The summed E-state index contributed by atoms with van der Waals surface area (Å²) in [6, 6.07) is 0. The minimum absolute atomic E-state index is 0.253. The largest absolute Gasteiger partial charge is 0.396 e.